The molecule has 2 N–H and O–H groups in total. The van der Waals surface area contributed by atoms with Gasteiger partial charge in [0, 0.05) is 26.1 Å². The highest BCUT2D eigenvalue weighted by atomic mass is 16.2. The molecule has 130 valence electrons. The zero-order chi connectivity index (χ0) is 16.1. The van der Waals surface area contributed by atoms with E-state index >= 15 is 0 Å². The van der Waals surface area contributed by atoms with Gasteiger partial charge in [0.1, 0.15) is 0 Å². The van der Waals surface area contributed by atoms with Crippen LogP contribution in [0.2, 0.25) is 0 Å². The molecule has 3 rings (SSSR count). The minimum atomic E-state index is 0.0405. The summed E-state index contributed by atoms with van der Waals surface area (Å²) >= 11 is 0. The molecule has 1 aliphatic carbocycles. The van der Waals surface area contributed by atoms with Crippen molar-refractivity contribution in [3.63, 3.8) is 0 Å². The van der Waals surface area contributed by atoms with Crippen LogP contribution in [0, 0.1) is 11.3 Å². The standard InChI is InChI=1S/C18H31N3O2/c22-16(6-5-15-3-1-2-4-15)20-13-17(23)21-11-8-18(9-12-21)7-10-19-14-18/h15,19H,1-14H2,(H,20,22). The second-order valence-electron chi connectivity index (χ2n) is 7.77. The molecule has 5 nitrogen and oxygen atoms in total. The Morgan fingerprint density at radius 1 is 1.13 bits per heavy atom. The molecule has 0 unspecified atom stereocenters. The smallest absolute Gasteiger partial charge is 0.241 e. The summed E-state index contributed by atoms with van der Waals surface area (Å²) < 4.78 is 0. The first kappa shape index (κ1) is 16.7. The van der Waals surface area contributed by atoms with Crippen molar-refractivity contribution in [3.8, 4) is 0 Å². The largest absolute Gasteiger partial charge is 0.347 e. The molecule has 0 atom stereocenters. The zero-order valence-corrected chi connectivity index (χ0v) is 14.2. The first-order chi connectivity index (χ1) is 11.2. The predicted octanol–water partition coefficient (Wildman–Crippen LogP) is 1.68. The van der Waals surface area contributed by atoms with Crippen LogP contribution in [0.5, 0.6) is 0 Å². The lowest BCUT2D eigenvalue weighted by Gasteiger charge is -2.38. The Hall–Kier alpha value is -1.10. The number of rotatable bonds is 5. The zero-order valence-electron chi connectivity index (χ0n) is 14.2. The van der Waals surface area contributed by atoms with E-state index in [1.54, 1.807) is 0 Å². The van der Waals surface area contributed by atoms with Gasteiger partial charge in [-0.15, -0.1) is 0 Å². The van der Waals surface area contributed by atoms with Crippen LogP contribution < -0.4 is 10.6 Å². The van der Waals surface area contributed by atoms with Gasteiger partial charge >= 0.3 is 0 Å². The maximum atomic E-state index is 12.3. The van der Waals surface area contributed by atoms with Crippen LogP contribution in [-0.2, 0) is 9.59 Å². The maximum Gasteiger partial charge on any atom is 0.241 e. The monoisotopic (exact) mass is 321 g/mol. The topological polar surface area (TPSA) is 61.4 Å². The molecule has 2 amide bonds. The van der Waals surface area contributed by atoms with Gasteiger partial charge in [0.15, 0.2) is 0 Å². The molecule has 5 heteroatoms. The van der Waals surface area contributed by atoms with Gasteiger partial charge < -0.3 is 15.5 Å². The number of nitrogens with zero attached hydrogens (tertiary/aromatic N) is 1. The van der Waals surface area contributed by atoms with E-state index in [1.165, 1.54) is 32.1 Å². The lowest BCUT2D eigenvalue weighted by molar-refractivity contribution is -0.134. The van der Waals surface area contributed by atoms with E-state index in [0.29, 0.717) is 11.8 Å². The Morgan fingerprint density at radius 2 is 1.87 bits per heavy atom. The molecule has 3 fully saturated rings. The first-order valence-electron chi connectivity index (χ1n) is 9.42. The molecule has 0 aromatic carbocycles. The van der Waals surface area contributed by atoms with Crippen molar-refractivity contribution in [1.82, 2.24) is 15.5 Å². The summed E-state index contributed by atoms with van der Waals surface area (Å²) in [5.74, 6) is 0.855. The number of amides is 2. The lowest BCUT2D eigenvalue weighted by Crippen LogP contribution is -2.47. The quantitative estimate of drug-likeness (QED) is 0.810. The van der Waals surface area contributed by atoms with Gasteiger partial charge in [-0.2, -0.15) is 0 Å². The Labute approximate surface area is 139 Å². The van der Waals surface area contributed by atoms with Gasteiger partial charge in [0.25, 0.3) is 0 Å². The average molecular weight is 321 g/mol. The van der Waals surface area contributed by atoms with Gasteiger partial charge in [0.2, 0.25) is 11.8 Å². The molecule has 0 radical (unpaired) electrons. The normalized spacial score (nSPS) is 24.3. The third kappa shape index (κ3) is 4.46. The fraction of sp³-hybridized carbons (Fsp3) is 0.889. The van der Waals surface area contributed by atoms with Gasteiger partial charge in [-0.3, -0.25) is 9.59 Å². The van der Waals surface area contributed by atoms with Crippen molar-refractivity contribution in [2.75, 3.05) is 32.7 Å². The van der Waals surface area contributed by atoms with Gasteiger partial charge in [-0.25, -0.2) is 0 Å². The summed E-state index contributed by atoms with van der Waals surface area (Å²) in [4.78, 5) is 26.1. The average Bonchev–Trinajstić information content (AvgIpc) is 3.24. The number of piperidine rings is 1. The van der Waals surface area contributed by atoms with E-state index in [4.69, 9.17) is 0 Å². The molecule has 2 heterocycles. The highest BCUT2D eigenvalue weighted by molar-refractivity contribution is 5.84. The molecule has 3 aliphatic rings. The molecular formula is C18H31N3O2. The summed E-state index contributed by atoms with van der Waals surface area (Å²) in [5, 5.41) is 6.27. The molecular weight excluding hydrogens is 290 g/mol. The van der Waals surface area contributed by atoms with Crippen LogP contribution >= 0.6 is 0 Å². The summed E-state index contributed by atoms with van der Waals surface area (Å²) in [7, 11) is 0. The number of likely N-dealkylation sites (tertiary alicyclic amines) is 1. The molecule has 0 aromatic heterocycles. The fourth-order valence-corrected chi connectivity index (χ4v) is 4.46. The third-order valence-electron chi connectivity index (χ3n) is 6.20. The molecule has 2 aliphatic heterocycles. The molecule has 0 bridgehead atoms. The molecule has 1 saturated carbocycles. The summed E-state index contributed by atoms with van der Waals surface area (Å²) in [6.45, 7) is 4.09. The van der Waals surface area contributed by atoms with E-state index in [0.717, 1.165) is 51.4 Å². The molecule has 23 heavy (non-hydrogen) atoms. The summed E-state index contributed by atoms with van der Waals surface area (Å²) in [5.41, 5.74) is 0.432. The SMILES string of the molecule is O=C(CCC1CCCC1)NCC(=O)N1CCC2(CCNC2)CC1. The molecule has 1 spiro atoms. The van der Waals surface area contributed by atoms with Crippen LogP contribution in [-0.4, -0.2) is 49.4 Å². The number of hydrogen-bond acceptors (Lipinski definition) is 3. The van der Waals surface area contributed by atoms with Crippen molar-refractivity contribution < 1.29 is 9.59 Å². The Kier molecular flexibility index (Phi) is 5.57. The first-order valence-corrected chi connectivity index (χ1v) is 9.42. The van der Waals surface area contributed by atoms with Crippen molar-refractivity contribution in [2.24, 2.45) is 11.3 Å². The van der Waals surface area contributed by atoms with Crippen LogP contribution in [0.15, 0.2) is 0 Å². The number of hydrogen-bond donors (Lipinski definition) is 2. The van der Waals surface area contributed by atoms with Crippen LogP contribution in [0.4, 0.5) is 0 Å². The maximum absolute atomic E-state index is 12.3. The van der Waals surface area contributed by atoms with E-state index in [-0.39, 0.29) is 18.4 Å². The highest BCUT2D eigenvalue weighted by Crippen LogP contribution is 2.36. The van der Waals surface area contributed by atoms with E-state index in [1.807, 2.05) is 4.90 Å². The minimum absolute atomic E-state index is 0.0405. The minimum Gasteiger partial charge on any atom is -0.347 e. The van der Waals surface area contributed by atoms with Gasteiger partial charge in [-0.1, -0.05) is 25.7 Å². The third-order valence-corrected chi connectivity index (χ3v) is 6.20. The van der Waals surface area contributed by atoms with E-state index in [2.05, 4.69) is 10.6 Å². The van der Waals surface area contributed by atoms with Crippen LogP contribution in [0.3, 0.4) is 0 Å². The van der Waals surface area contributed by atoms with Crippen LogP contribution in [0.25, 0.3) is 0 Å². The molecule has 2 saturated heterocycles. The predicted molar refractivity (Wildman–Crippen MR) is 89.9 cm³/mol. The van der Waals surface area contributed by atoms with Crippen LogP contribution in [0.1, 0.15) is 57.8 Å². The van der Waals surface area contributed by atoms with E-state index < -0.39 is 0 Å². The Balaban J connectivity index is 1.32. The lowest BCUT2D eigenvalue weighted by atomic mass is 9.78. The van der Waals surface area contributed by atoms with Crippen molar-refractivity contribution in [3.05, 3.63) is 0 Å². The number of carbonyl (C=O) groups is 2. The van der Waals surface area contributed by atoms with Crippen molar-refractivity contribution >= 4 is 11.8 Å². The Morgan fingerprint density at radius 3 is 2.52 bits per heavy atom. The second-order valence-corrected chi connectivity index (χ2v) is 7.77. The van der Waals surface area contributed by atoms with Gasteiger partial charge in [-0.05, 0) is 43.6 Å². The van der Waals surface area contributed by atoms with Gasteiger partial charge in [0.05, 0.1) is 6.54 Å². The fourth-order valence-electron chi connectivity index (χ4n) is 4.46. The van der Waals surface area contributed by atoms with Crippen molar-refractivity contribution in [1.29, 1.82) is 0 Å². The van der Waals surface area contributed by atoms with Crippen molar-refractivity contribution in [2.45, 2.75) is 57.8 Å². The highest BCUT2D eigenvalue weighted by Gasteiger charge is 2.37. The summed E-state index contributed by atoms with van der Waals surface area (Å²) in [6.07, 6.45) is 10.2. The number of carbonyl (C=O) groups excluding carboxylic acids is 2. The second kappa shape index (κ2) is 7.65. The number of nitrogens with one attached hydrogen (secondary N) is 2. The Bertz CT molecular complexity index is 416. The van der Waals surface area contributed by atoms with E-state index in [9.17, 15) is 9.59 Å². The molecule has 0 aromatic rings. The summed E-state index contributed by atoms with van der Waals surface area (Å²) in [6, 6.07) is 0.